The van der Waals surface area contributed by atoms with Gasteiger partial charge in [-0.1, -0.05) is 67.7 Å². The second-order valence-electron chi connectivity index (χ2n) is 10.5. The van der Waals surface area contributed by atoms with Crippen molar-refractivity contribution in [2.75, 3.05) is 0 Å². The Morgan fingerprint density at radius 1 is 0.917 bits per heavy atom. The molecule has 1 atom stereocenters. The van der Waals surface area contributed by atoms with E-state index >= 15 is 0 Å². The van der Waals surface area contributed by atoms with Crippen LogP contribution in [0.5, 0.6) is 0 Å². The molecule has 0 radical (unpaired) electrons. The minimum atomic E-state index is -0.236. The van der Waals surface area contributed by atoms with Gasteiger partial charge < -0.3 is 9.31 Å². The highest BCUT2D eigenvalue weighted by molar-refractivity contribution is 6.47. The Kier molecular flexibility index (Phi) is 6.71. The zero-order valence-corrected chi connectivity index (χ0v) is 18.4. The van der Waals surface area contributed by atoms with Crippen molar-refractivity contribution < 1.29 is 9.31 Å². The van der Waals surface area contributed by atoms with E-state index in [1.165, 1.54) is 19.3 Å². The molecular formula is C21H43BO2. The molecule has 0 saturated carbocycles. The van der Waals surface area contributed by atoms with E-state index in [9.17, 15) is 0 Å². The first kappa shape index (κ1) is 22.0. The van der Waals surface area contributed by atoms with Crippen molar-refractivity contribution in [3.05, 3.63) is 0 Å². The first-order valence-electron chi connectivity index (χ1n) is 10.0. The molecule has 1 unspecified atom stereocenters. The van der Waals surface area contributed by atoms with E-state index in [0.717, 1.165) is 6.42 Å². The fourth-order valence-corrected chi connectivity index (χ4v) is 3.58. The lowest BCUT2D eigenvalue weighted by Crippen LogP contribution is -2.41. The van der Waals surface area contributed by atoms with Crippen LogP contribution in [-0.2, 0) is 9.31 Å². The molecule has 0 bridgehead atoms. The van der Waals surface area contributed by atoms with Gasteiger partial charge in [0.2, 0.25) is 0 Å². The lowest BCUT2D eigenvalue weighted by molar-refractivity contribution is 0.00578. The Labute approximate surface area is 152 Å². The summed E-state index contributed by atoms with van der Waals surface area (Å²) in [4.78, 5) is 0. The molecule has 0 aromatic carbocycles. The van der Waals surface area contributed by atoms with E-state index in [-0.39, 0.29) is 29.2 Å². The highest BCUT2D eigenvalue weighted by Crippen LogP contribution is 2.52. The summed E-state index contributed by atoms with van der Waals surface area (Å²) in [6.07, 6.45) is 4.80. The standard InChI is InChI=1S/C21H43BO2/c1-12-13-14-17(15-18(4,5)19(6,7)16(2)3)22-23-20(8,9)21(10,11)24-22/h16-17H,12-15H2,1-11H3. The van der Waals surface area contributed by atoms with Crippen molar-refractivity contribution >= 4 is 7.12 Å². The summed E-state index contributed by atoms with van der Waals surface area (Å²) < 4.78 is 12.8. The summed E-state index contributed by atoms with van der Waals surface area (Å²) in [5, 5.41) is 0. The Morgan fingerprint density at radius 3 is 1.75 bits per heavy atom. The quantitative estimate of drug-likeness (QED) is 0.456. The summed E-state index contributed by atoms with van der Waals surface area (Å²) in [6, 6.07) is 0. The summed E-state index contributed by atoms with van der Waals surface area (Å²) in [5.41, 5.74) is 0.0456. The van der Waals surface area contributed by atoms with Crippen LogP contribution in [0.2, 0.25) is 5.82 Å². The third kappa shape index (κ3) is 4.39. The van der Waals surface area contributed by atoms with E-state index in [0.29, 0.717) is 11.7 Å². The SMILES string of the molecule is CCCCC(CC(C)(C)C(C)(C)C(C)C)B1OC(C)(C)C(C)(C)O1. The molecule has 0 aromatic rings. The summed E-state index contributed by atoms with van der Waals surface area (Å²) in [5.74, 6) is 1.11. The van der Waals surface area contributed by atoms with Gasteiger partial charge in [0.1, 0.15) is 0 Å². The van der Waals surface area contributed by atoms with Gasteiger partial charge in [0.15, 0.2) is 0 Å². The first-order valence-corrected chi connectivity index (χ1v) is 10.0. The minimum absolute atomic E-state index is 0.0798. The molecular weight excluding hydrogens is 295 g/mol. The van der Waals surface area contributed by atoms with E-state index in [4.69, 9.17) is 9.31 Å². The molecule has 1 aliphatic heterocycles. The molecule has 0 aliphatic carbocycles. The monoisotopic (exact) mass is 338 g/mol. The normalized spacial score (nSPS) is 22.2. The van der Waals surface area contributed by atoms with Gasteiger partial charge in [0.05, 0.1) is 11.2 Å². The van der Waals surface area contributed by atoms with Crippen molar-refractivity contribution in [1.29, 1.82) is 0 Å². The van der Waals surface area contributed by atoms with Crippen molar-refractivity contribution in [3.63, 3.8) is 0 Å². The van der Waals surface area contributed by atoms with E-state index in [1.807, 2.05) is 0 Å². The number of hydrogen-bond acceptors (Lipinski definition) is 2. The lowest BCUT2D eigenvalue weighted by Gasteiger charge is -2.47. The molecule has 1 aliphatic rings. The first-order chi connectivity index (χ1) is 10.7. The molecule has 1 heterocycles. The van der Waals surface area contributed by atoms with Crippen molar-refractivity contribution in [2.45, 2.75) is 119 Å². The maximum absolute atomic E-state index is 6.42. The van der Waals surface area contributed by atoms with Crippen LogP contribution in [0.1, 0.15) is 102 Å². The largest absolute Gasteiger partial charge is 0.461 e. The molecule has 1 rings (SSSR count). The Morgan fingerprint density at radius 2 is 1.38 bits per heavy atom. The zero-order valence-electron chi connectivity index (χ0n) is 18.4. The lowest BCUT2D eigenvalue weighted by atomic mass is 9.54. The summed E-state index contributed by atoms with van der Waals surface area (Å²) in [6.45, 7) is 25.3. The van der Waals surface area contributed by atoms with Crippen LogP contribution in [-0.4, -0.2) is 18.3 Å². The van der Waals surface area contributed by atoms with Crippen molar-refractivity contribution in [3.8, 4) is 0 Å². The average Bonchev–Trinajstić information content (AvgIpc) is 2.62. The second-order valence-corrected chi connectivity index (χ2v) is 10.5. The third-order valence-electron chi connectivity index (χ3n) is 7.55. The Hall–Kier alpha value is -0.0151. The molecule has 3 heteroatoms. The number of unbranched alkanes of at least 4 members (excludes halogenated alkanes) is 1. The third-order valence-corrected chi connectivity index (χ3v) is 7.55. The van der Waals surface area contributed by atoms with Crippen LogP contribution in [0.3, 0.4) is 0 Å². The molecule has 142 valence electrons. The van der Waals surface area contributed by atoms with Gasteiger partial charge in [-0.3, -0.25) is 0 Å². The molecule has 0 amide bonds. The van der Waals surface area contributed by atoms with Crippen LogP contribution in [0, 0.1) is 16.7 Å². The van der Waals surface area contributed by atoms with Crippen LogP contribution in [0.25, 0.3) is 0 Å². The zero-order chi connectivity index (χ0) is 19.0. The summed E-state index contributed by atoms with van der Waals surface area (Å²) in [7, 11) is -0.0798. The fraction of sp³-hybridized carbons (Fsp3) is 1.00. The van der Waals surface area contributed by atoms with Gasteiger partial charge in [-0.05, 0) is 56.7 Å². The average molecular weight is 338 g/mol. The summed E-state index contributed by atoms with van der Waals surface area (Å²) >= 11 is 0. The molecule has 24 heavy (non-hydrogen) atoms. The maximum atomic E-state index is 6.42. The molecule has 1 fully saturated rings. The van der Waals surface area contributed by atoms with E-state index in [2.05, 4.69) is 76.2 Å². The highest BCUT2D eigenvalue weighted by Gasteiger charge is 2.54. The predicted octanol–water partition coefficient (Wildman–Crippen LogP) is 6.74. The van der Waals surface area contributed by atoms with E-state index in [1.54, 1.807) is 0 Å². The molecule has 2 nitrogen and oxygen atoms in total. The van der Waals surface area contributed by atoms with Gasteiger partial charge in [-0.25, -0.2) is 0 Å². The van der Waals surface area contributed by atoms with Gasteiger partial charge in [-0.2, -0.15) is 0 Å². The molecule has 0 N–H and O–H groups in total. The van der Waals surface area contributed by atoms with Gasteiger partial charge in [-0.15, -0.1) is 0 Å². The van der Waals surface area contributed by atoms with Crippen LogP contribution in [0.4, 0.5) is 0 Å². The number of rotatable bonds is 8. The van der Waals surface area contributed by atoms with Crippen LogP contribution >= 0.6 is 0 Å². The van der Waals surface area contributed by atoms with Gasteiger partial charge >= 0.3 is 7.12 Å². The second kappa shape index (κ2) is 7.31. The highest BCUT2D eigenvalue weighted by atomic mass is 16.7. The minimum Gasteiger partial charge on any atom is -0.403 e. The topological polar surface area (TPSA) is 18.5 Å². The Bertz CT molecular complexity index is 394. The molecule has 1 saturated heterocycles. The number of hydrogen-bond donors (Lipinski definition) is 0. The van der Waals surface area contributed by atoms with Gasteiger partial charge in [0.25, 0.3) is 0 Å². The van der Waals surface area contributed by atoms with Crippen molar-refractivity contribution in [1.82, 2.24) is 0 Å². The van der Waals surface area contributed by atoms with Gasteiger partial charge in [0, 0.05) is 0 Å². The molecule has 0 aromatic heterocycles. The van der Waals surface area contributed by atoms with Crippen LogP contribution in [0.15, 0.2) is 0 Å². The Balaban J connectivity index is 2.99. The maximum Gasteiger partial charge on any atom is 0.461 e. The smallest absolute Gasteiger partial charge is 0.403 e. The van der Waals surface area contributed by atoms with Crippen LogP contribution < -0.4 is 0 Å². The molecule has 0 spiro atoms. The van der Waals surface area contributed by atoms with Crippen molar-refractivity contribution in [2.24, 2.45) is 16.7 Å². The van der Waals surface area contributed by atoms with E-state index < -0.39 is 0 Å². The predicted molar refractivity (Wildman–Crippen MR) is 106 cm³/mol. The fourth-order valence-electron chi connectivity index (χ4n) is 3.58.